The van der Waals surface area contributed by atoms with Gasteiger partial charge in [-0.25, -0.2) is 0 Å². The van der Waals surface area contributed by atoms with E-state index in [9.17, 15) is 0 Å². The lowest BCUT2D eigenvalue weighted by Crippen LogP contribution is -2.03. The average Bonchev–Trinajstić information content (AvgIpc) is 2.57. The predicted molar refractivity (Wildman–Crippen MR) is 57.1 cm³/mol. The fourth-order valence-electron chi connectivity index (χ4n) is 0.548. The summed E-state index contributed by atoms with van der Waals surface area (Å²) < 4.78 is 0. The lowest BCUT2D eigenvalue weighted by molar-refractivity contribution is 1.25. The van der Waals surface area contributed by atoms with Crippen LogP contribution >= 0.6 is 23.1 Å². The van der Waals surface area contributed by atoms with Crippen LogP contribution in [-0.2, 0) is 0 Å². The molecule has 64 valence electrons. The van der Waals surface area contributed by atoms with Crippen LogP contribution in [0.25, 0.3) is 0 Å². The molecule has 0 saturated carbocycles. The number of amidine groups is 1. The van der Waals surface area contributed by atoms with Crippen molar-refractivity contribution in [3.05, 3.63) is 22.4 Å². The summed E-state index contributed by atoms with van der Waals surface area (Å²) in [6.07, 6.45) is 3.55. The van der Waals surface area contributed by atoms with Gasteiger partial charge < -0.3 is 5.73 Å². The fourth-order valence-corrected chi connectivity index (χ4v) is 1.26. The molecular formula is C7H9N3S2. The van der Waals surface area contributed by atoms with Gasteiger partial charge in [0.1, 0.15) is 0 Å². The third kappa shape index (κ3) is 3.06. The minimum atomic E-state index is 0.475. The minimum absolute atomic E-state index is 0.475. The first-order chi connectivity index (χ1) is 5.83. The summed E-state index contributed by atoms with van der Waals surface area (Å²) in [5.41, 5.74) is 5.42. The Kier molecular flexibility index (Phi) is 3.83. The predicted octanol–water partition coefficient (Wildman–Crippen LogP) is 1.76. The first-order valence-electron chi connectivity index (χ1n) is 3.27. The Balaban J connectivity index is 2.52. The van der Waals surface area contributed by atoms with E-state index < -0.39 is 0 Å². The second kappa shape index (κ2) is 4.95. The Morgan fingerprint density at radius 3 is 3.17 bits per heavy atom. The van der Waals surface area contributed by atoms with Crippen molar-refractivity contribution in [2.45, 2.75) is 0 Å². The van der Waals surface area contributed by atoms with Crippen LogP contribution in [0.3, 0.4) is 0 Å². The smallest absolute Gasteiger partial charge is 0.180 e. The van der Waals surface area contributed by atoms with Gasteiger partial charge in [0.15, 0.2) is 5.17 Å². The number of hydrogen-bond acceptors (Lipinski definition) is 4. The maximum absolute atomic E-state index is 5.42. The third-order valence-electron chi connectivity index (χ3n) is 1.09. The van der Waals surface area contributed by atoms with Gasteiger partial charge in [-0.2, -0.15) is 5.10 Å². The summed E-state index contributed by atoms with van der Waals surface area (Å²) in [5.74, 6) is 0. The number of rotatable bonds is 2. The van der Waals surface area contributed by atoms with E-state index in [2.05, 4.69) is 10.2 Å². The zero-order chi connectivity index (χ0) is 8.81. The number of thioether (sulfide) groups is 1. The third-order valence-corrected chi connectivity index (χ3v) is 2.40. The van der Waals surface area contributed by atoms with Crippen LogP contribution in [0.2, 0.25) is 0 Å². The van der Waals surface area contributed by atoms with Crippen LogP contribution in [0, 0.1) is 0 Å². The molecule has 0 saturated heterocycles. The van der Waals surface area contributed by atoms with Gasteiger partial charge in [0.2, 0.25) is 0 Å². The molecule has 1 aromatic heterocycles. The molecule has 0 aliphatic rings. The standard InChI is InChI=1S/C7H9N3S2/c1-11-7(8)10-9-5-6-3-2-4-12-6/h2-5H,1H3,(H2,8,10). The molecule has 0 atom stereocenters. The van der Waals surface area contributed by atoms with Crippen LogP contribution in [0.15, 0.2) is 27.7 Å². The van der Waals surface area contributed by atoms with E-state index in [1.807, 2.05) is 23.8 Å². The van der Waals surface area contributed by atoms with E-state index in [0.29, 0.717) is 5.17 Å². The molecule has 0 aliphatic heterocycles. The second-order valence-corrected chi connectivity index (χ2v) is 3.71. The molecule has 1 heterocycles. The van der Waals surface area contributed by atoms with Crippen LogP contribution in [0.5, 0.6) is 0 Å². The van der Waals surface area contributed by atoms with Crippen LogP contribution in [0.1, 0.15) is 4.88 Å². The summed E-state index contributed by atoms with van der Waals surface area (Å²) in [6, 6.07) is 3.94. The lowest BCUT2D eigenvalue weighted by Gasteiger charge is -1.86. The molecule has 0 spiro atoms. The molecular weight excluding hydrogens is 190 g/mol. The van der Waals surface area contributed by atoms with Crippen LogP contribution in [0.4, 0.5) is 0 Å². The monoisotopic (exact) mass is 199 g/mol. The van der Waals surface area contributed by atoms with E-state index in [1.165, 1.54) is 11.8 Å². The van der Waals surface area contributed by atoms with E-state index >= 15 is 0 Å². The molecule has 2 N–H and O–H groups in total. The summed E-state index contributed by atoms with van der Waals surface area (Å²) in [7, 11) is 0. The topological polar surface area (TPSA) is 50.7 Å². The highest BCUT2D eigenvalue weighted by atomic mass is 32.2. The van der Waals surface area contributed by atoms with E-state index in [4.69, 9.17) is 5.73 Å². The molecule has 0 radical (unpaired) electrons. The fraction of sp³-hybridized carbons (Fsp3) is 0.143. The Hall–Kier alpha value is -0.810. The summed E-state index contributed by atoms with van der Waals surface area (Å²) >= 11 is 3.00. The molecule has 0 bridgehead atoms. The Morgan fingerprint density at radius 2 is 2.58 bits per heavy atom. The molecule has 0 aromatic carbocycles. The summed E-state index contributed by atoms with van der Waals surface area (Å²) in [6.45, 7) is 0. The van der Waals surface area contributed by atoms with Crippen LogP contribution in [-0.4, -0.2) is 17.6 Å². The van der Waals surface area contributed by atoms with E-state index in [-0.39, 0.29) is 0 Å². The van der Waals surface area contributed by atoms with Gasteiger partial charge >= 0.3 is 0 Å². The number of thiophene rings is 1. The molecule has 1 rings (SSSR count). The van der Waals surface area contributed by atoms with Crippen molar-refractivity contribution in [1.29, 1.82) is 0 Å². The highest BCUT2D eigenvalue weighted by Gasteiger charge is 1.86. The normalized spacial score (nSPS) is 12.6. The van der Waals surface area contributed by atoms with Gasteiger partial charge in [-0.05, 0) is 17.7 Å². The van der Waals surface area contributed by atoms with Crippen molar-refractivity contribution >= 4 is 34.5 Å². The van der Waals surface area contributed by atoms with Crippen LogP contribution < -0.4 is 5.73 Å². The summed E-state index contributed by atoms with van der Waals surface area (Å²) in [4.78, 5) is 1.08. The minimum Gasteiger partial charge on any atom is -0.377 e. The first-order valence-corrected chi connectivity index (χ1v) is 5.37. The Bertz CT molecular complexity index is 277. The largest absolute Gasteiger partial charge is 0.377 e. The highest BCUT2D eigenvalue weighted by molar-refractivity contribution is 8.13. The van der Waals surface area contributed by atoms with Crippen molar-refractivity contribution < 1.29 is 0 Å². The molecule has 3 nitrogen and oxygen atoms in total. The maximum Gasteiger partial charge on any atom is 0.180 e. The molecule has 0 unspecified atom stereocenters. The van der Waals surface area contributed by atoms with Gasteiger partial charge in [-0.15, -0.1) is 16.4 Å². The van der Waals surface area contributed by atoms with Crippen molar-refractivity contribution in [2.75, 3.05) is 6.26 Å². The first kappa shape index (κ1) is 9.28. The number of nitrogens with two attached hydrogens (primary N) is 1. The highest BCUT2D eigenvalue weighted by Crippen LogP contribution is 2.04. The zero-order valence-corrected chi connectivity index (χ0v) is 8.23. The van der Waals surface area contributed by atoms with Gasteiger partial charge in [0.05, 0.1) is 6.21 Å². The average molecular weight is 199 g/mol. The molecule has 0 fully saturated rings. The zero-order valence-electron chi connectivity index (χ0n) is 6.60. The van der Waals surface area contributed by atoms with Crippen molar-refractivity contribution in [3.8, 4) is 0 Å². The van der Waals surface area contributed by atoms with Gasteiger partial charge in [-0.3, -0.25) is 0 Å². The molecule has 1 aromatic rings. The molecule has 0 aliphatic carbocycles. The van der Waals surface area contributed by atoms with E-state index in [0.717, 1.165) is 4.88 Å². The van der Waals surface area contributed by atoms with Crippen molar-refractivity contribution in [1.82, 2.24) is 0 Å². The molecule has 5 heteroatoms. The Labute approximate surface area is 79.4 Å². The maximum atomic E-state index is 5.42. The van der Waals surface area contributed by atoms with E-state index in [1.54, 1.807) is 17.6 Å². The van der Waals surface area contributed by atoms with Crippen molar-refractivity contribution in [3.63, 3.8) is 0 Å². The van der Waals surface area contributed by atoms with Gasteiger partial charge in [0, 0.05) is 4.88 Å². The van der Waals surface area contributed by atoms with Gasteiger partial charge in [0.25, 0.3) is 0 Å². The Morgan fingerprint density at radius 1 is 1.75 bits per heavy atom. The molecule has 0 amide bonds. The second-order valence-electron chi connectivity index (χ2n) is 1.90. The quantitative estimate of drug-likeness (QED) is 0.448. The van der Waals surface area contributed by atoms with Gasteiger partial charge in [-0.1, -0.05) is 17.8 Å². The summed E-state index contributed by atoms with van der Waals surface area (Å²) in [5, 5.41) is 10.0. The lowest BCUT2D eigenvalue weighted by atomic mass is 10.5. The van der Waals surface area contributed by atoms with Crippen molar-refractivity contribution in [2.24, 2.45) is 15.9 Å². The number of hydrogen-bond donors (Lipinski definition) is 1. The number of nitrogens with zero attached hydrogens (tertiary/aromatic N) is 2. The molecule has 12 heavy (non-hydrogen) atoms. The SMILES string of the molecule is CS/C(N)=N/N=Cc1cccs1.